The summed E-state index contributed by atoms with van der Waals surface area (Å²) in [5.74, 6) is 0.386. The molecule has 4 heteroatoms. The molecule has 1 saturated heterocycles. The highest BCUT2D eigenvalue weighted by atomic mass is 17.2. The van der Waals surface area contributed by atoms with Gasteiger partial charge in [0.2, 0.25) is 5.91 Å². The van der Waals surface area contributed by atoms with Crippen molar-refractivity contribution in [2.24, 2.45) is 5.92 Å². The van der Waals surface area contributed by atoms with Crippen LogP contribution in [-0.4, -0.2) is 26.2 Å². The molecular formula is C6H11NO3. The van der Waals surface area contributed by atoms with Crippen molar-refractivity contribution in [1.82, 2.24) is 5.32 Å². The Morgan fingerprint density at radius 3 is 3.10 bits per heavy atom. The number of hydrogen-bond acceptors (Lipinski definition) is 3. The molecular weight excluding hydrogens is 134 g/mol. The Balaban J connectivity index is 2.12. The van der Waals surface area contributed by atoms with Crippen LogP contribution in [0.2, 0.25) is 0 Å². The third kappa shape index (κ3) is 1.97. The second kappa shape index (κ2) is 3.53. The van der Waals surface area contributed by atoms with Gasteiger partial charge < -0.3 is 5.32 Å². The van der Waals surface area contributed by atoms with Crippen LogP contribution in [0.3, 0.4) is 0 Å². The normalized spacial score (nSPS) is 24.9. The number of amides is 1. The third-order valence-corrected chi connectivity index (χ3v) is 1.48. The summed E-state index contributed by atoms with van der Waals surface area (Å²) in [6, 6.07) is 0. The van der Waals surface area contributed by atoms with Crippen LogP contribution < -0.4 is 5.32 Å². The molecule has 58 valence electrons. The van der Waals surface area contributed by atoms with Gasteiger partial charge in [0.15, 0.2) is 0 Å². The Morgan fingerprint density at radius 2 is 2.60 bits per heavy atom. The van der Waals surface area contributed by atoms with E-state index in [4.69, 9.17) is 0 Å². The molecule has 0 saturated carbocycles. The maximum atomic E-state index is 10.6. The molecule has 10 heavy (non-hydrogen) atoms. The Morgan fingerprint density at radius 1 is 1.80 bits per heavy atom. The van der Waals surface area contributed by atoms with Crippen LogP contribution in [0.5, 0.6) is 0 Å². The summed E-state index contributed by atoms with van der Waals surface area (Å²) in [5, 5.41) is 2.70. The van der Waals surface area contributed by atoms with E-state index in [0.29, 0.717) is 19.6 Å². The zero-order valence-corrected chi connectivity index (χ0v) is 5.92. The lowest BCUT2D eigenvalue weighted by molar-refractivity contribution is -0.278. The average Bonchev–Trinajstić information content (AvgIpc) is 2.31. The lowest BCUT2D eigenvalue weighted by atomic mass is 10.1. The van der Waals surface area contributed by atoms with Crippen molar-refractivity contribution in [2.45, 2.75) is 6.42 Å². The van der Waals surface area contributed by atoms with Gasteiger partial charge in [0.25, 0.3) is 0 Å². The van der Waals surface area contributed by atoms with E-state index in [1.54, 1.807) is 0 Å². The number of carbonyl (C=O) groups is 1. The minimum atomic E-state index is 0.102. The number of nitrogens with one attached hydrogen (secondary N) is 1. The van der Waals surface area contributed by atoms with Crippen molar-refractivity contribution in [3.63, 3.8) is 0 Å². The van der Waals surface area contributed by atoms with Crippen LogP contribution in [0.4, 0.5) is 0 Å². The summed E-state index contributed by atoms with van der Waals surface area (Å²) in [6.07, 6.45) is 0.559. The van der Waals surface area contributed by atoms with Crippen molar-refractivity contribution >= 4 is 5.91 Å². The highest BCUT2D eigenvalue weighted by Gasteiger charge is 2.21. The first-order valence-electron chi connectivity index (χ1n) is 3.25. The topological polar surface area (TPSA) is 47.6 Å². The highest BCUT2D eigenvalue weighted by Crippen LogP contribution is 2.08. The van der Waals surface area contributed by atoms with Crippen molar-refractivity contribution in [3.8, 4) is 0 Å². The predicted octanol–water partition coefficient (Wildman–Crippen LogP) is -0.300. The first-order chi connectivity index (χ1) is 4.83. The van der Waals surface area contributed by atoms with Crippen molar-refractivity contribution in [3.05, 3.63) is 0 Å². The Kier molecular flexibility index (Phi) is 2.65. The summed E-state index contributed by atoms with van der Waals surface area (Å²) >= 11 is 0. The van der Waals surface area contributed by atoms with Gasteiger partial charge in [-0.3, -0.25) is 4.79 Å². The minimum absolute atomic E-state index is 0.102. The van der Waals surface area contributed by atoms with E-state index >= 15 is 0 Å². The van der Waals surface area contributed by atoms with E-state index in [9.17, 15) is 4.79 Å². The van der Waals surface area contributed by atoms with E-state index in [-0.39, 0.29) is 11.8 Å². The molecule has 0 aromatic rings. The fraction of sp³-hybridized carbons (Fsp3) is 0.833. The molecule has 1 aliphatic rings. The van der Waals surface area contributed by atoms with E-state index < -0.39 is 0 Å². The van der Waals surface area contributed by atoms with Crippen molar-refractivity contribution in [1.29, 1.82) is 0 Å². The maximum Gasteiger partial charge on any atom is 0.220 e. The van der Waals surface area contributed by atoms with Gasteiger partial charge >= 0.3 is 0 Å². The van der Waals surface area contributed by atoms with Crippen molar-refractivity contribution < 1.29 is 14.6 Å². The first kappa shape index (κ1) is 7.50. The Labute approximate surface area is 59.4 Å². The molecule has 1 heterocycles. The molecule has 1 atom stereocenters. The molecule has 0 aromatic carbocycles. The van der Waals surface area contributed by atoms with E-state index in [1.165, 1.54) is 7.11 Å². The lowest BCUT2D eigenvalue weighted by Crippen LogP contribution is -2.15. The van der Waals surface area contributed by atoms with Crippen LogP contribution >= 0.6 is 0 Å². The van der Waals surface area contributed by atoms with Gasteiger partial charge in [-0.25, -0.2) is 9.78 Å². The second-order valence-electron chi connectivity index (χ2n) is 2.33. The molecule has 1 rings (SSSR count). The predicted molar refractivity (Wildman–Crippen MR) is 34.1 cm³/mol. The maximum absolute atomic E-state index is 10.6. The number of rotatable bonds is 3. The Bertz CT molecular complexity index is 126. The van der Waals surface area contributed by atoms with Gasteiger partial charge in [-0.1, -0.05) is 0 Å². The van der Waals surface area contributed by atoms with E-state index in [2.05, 4.69) is 15.1 Å². The molecule has 0 aromatic heterocycles. The largest absolute Gasteiger partial charge is 0.356 e. The lowest BCUT2D eigenvalue weighted by Gasteiger charge is -2.03. The fourth-order valence-corrected chi connectivity index (χ4v) is 0.947. The van der Waals surface area contributed by atoms with Gasteiger partial charge in [-0.15, -0.1) is 0 Å². The average molecular weight is 145 g/mol. The van der Waals surface area contributed by atoms with Gasteiger partial charge in [-0.2, -0.15) is 0 Å². The molecule has 0 aliphatic carbocycles. The fourth-order valence-electron chi connectivity index (χ4n) is 0.947. The summed E-state index contributed by atoms with van der Waals surface area (Å²) in [7, 11) is 1.46. The molecule has 0 radical (unpaired) electrons. The molecule has 1 unspecified atom stereocenters. The van der Waals surface area contributed by atoms with Crippen LogP contribution in [0.1, 0.15) is 6.42 Å². The number of hydrogen-bond donors (Lipinski definition) is 1. The molecule has 0 bridgehead atoms. The molecule has 1 aliphatic heterocycles. The molecule has 4 nitrogen and oxygen atoms in total. The van der Waals surface area contributed by atoms with Crippen LogP contribution in [-0.2, 0) is 14.6 Å². The standard InChI is InChI=1S/C6H11NO3/c1-9-10-4-5-2-6(8)7-3-5/h5H,2-4H2,1H3,(H,7,8). The quantitative estimate of drug-likeness (QED) is 0.438. The smallest absolute Gasteiger partial charge is 0.220 e. The first-order valence-corrected chi connectivity index (χ1v) is 3.25. The zero-order valence-electron chi connectivity index (χ0n) is 5.92. The third-order valence-electron chi connectivity index (χ3n) is 1.48. The van der Waals surface area contributed by atoms with Crippen LogP contribution in [0.15, 0.2) is 0 Å². The zero-order chi connectivity index (χ0) is 7.40. The van der Waals surface area contributed by atoms with E-state index in [0.717, 1.165) is 0 Å². The summed E-state index contributed by atoms with van der Waals surface area (Å²) in [5.41, 5.74) is 0. The van der Waals surface area contributed by atoms with Crippen LogP contribution in [0, 0.1) is 5.92 Å². The van der Waals surface area contributed by atoms with Crippen molar-refractivity contribution in [2.75, 3.05) is 20.3 Å². The highest BCUT2D eigenvalue weighted by molar-refractivity contribution is 5.78. The molecule has 1 fully saturated rings. The number of carbonyl (C=O) groups excluding carboxylic acids is 1. The second-order valence-corrected chi connectivity index (χ2v) is 2.33. The minimum Gasteiger partial charge on any atom is -0.356 e. The summed E-state index contributed by atoms with van der Waals surface area (Å²) < 4.78 is 0. The van der Waals surface area contributed by atoms with Crippen LogP contribution in [0.25, 0.3) is 0 Å². The van der Waals surface area contributed by atoms with Gasteiger partial charge in [-0.05, 0) is 0 Å². The summed E-state index contributed by atoms with van der Waals surface area (Å²) in [6.45, 7) is 1.21. The van der Waals surface area contributed by atoms with Gasteiger partial charge in [0, 0.05) is 18.9 Å². The Hall–Kier alpha value is -0.610. The van der Waals surface area contributed by atoms with Gasteiger partial charge in [0.1, 0.15) is 0 Å². The monoisotopic (exact) mass is 145 g/mol. The molecule has 1 amide bonds. The van der Waals surface area contributed by atoms with E-state index in [1.807, 2.05) is 0 Å². The summed E-state index contributed by atoms with van der Waals surface area (Å²) in [4.78, 5) is 19.7. The SMILES string of the molecule is COOCC1CNC(=O)C1. The molecule has 1 N–H and O–H groups in total. The van der Waals surface area contributed by atoms with Gasteiger partial charge in [0.05, 0.1) is 13.7 Å². The molecule has 0 spiro atoms.